The van der Waals surface area contributed by atoms with Crippen LogP contribution in [0.5, 0.6) is 11.5 Å². The number of benzene rings is 2. The molecule has 1 atom stereocenters. The normalized spacial score (nSPS) is 16.2. The van der Waals surface area contributed by atoms with Gasteiger partial charge in [-0.05, 0) is 23.8 Å². The van der Waals surface area contributed by atoms with Crippen molar-refractivity contribution in [1.82, 2.24) is 15.2 Å². The van der Waals surface area contributed by atoms with Gasteiger partial charge in [0, 0.05) is 43.3 Å². The smallest absolute Gasteiger partial charge is 0.165 e. The maximum absolute atomic E-state index is 5.79. The Balaban J connectivity index is 1.93. The number of fused-ring (bicyclic) bond motifs is 1. The van der Waals surface area contributed by atoms with E-state index in [1.54, 1.807) is 14.2 Å². The highest BCUT2D eigenvalue weighted by Crippen LogP contribution is 2.41. The number of rotatable bonds is 5. The Kier molecular flexibility index (Phi) is 5.23. The number of ether oxygens (including phenoxy) is 2. The summed E-state index contributed by atoms with van der Waals surface area (Å²) in [6, 6.07) is 16.7. The number of piperazine rings is 1. The van der Waals surface area contributed by atoms with Crippen LogP contribution in [-0.4, -0.2) is 50.3 Å². The van der Waals surface area contributed by atoms with Crippen LogP contribution in [0.15, 0.2) is 54.7 Å². The van der Waals surface area contributed by atoms with Crippen molar-refractivity contribution < 1.29 is 9.47 Å². The molecule has 0 aliphatic carbocycles. The lowest BCUT2D eigenvalue weighted by Gasteiger charge is -2.36. The molecule has 140 valence electrons. The Bertz CT molecular complexity index is 917. The average molecular weight is 363 g/mol. The fraction of sp³-hybridized carbons (Fsp3) is 0.318. The summed E-state index contributed by atoms with van der Waals surface area (Å²) in [7, 11) is 3.39. The van der Waals surface area contributed by atoms with E-state index in [4.69, 9.17) is 9.47 Å². The second-order valence-corrected chi connectivity index (χ2v) is 6.69. The van der Waals surface area contributed by atoms with Crippen molar-refractivity contribution >= 4 is 10.9 Å². The van der Waals surface area contributed by atoms with Gasteiger partial charge in [0.1, 0.15) is 0 Å². The highest BCUT2D eigenvalue weighted by Gasteiger charge is 2.29. The van der Waals surface area contributed by atoms with E-state index in [9.17, 15) is 0 Å². The first kappa shape index (κ1) is 17.8. The molecule has 1 aliphatic heterocycles. The van der Waals surface area contributed by atoms with E-state index in [1.165, 1.54) is 10.9 Å². The number of aromatic nitrogens is 1. The van der Waals surface area contributed by atoms with Gasteiger partial charge in [-0.25, -0.2) is 0 Å². The molecule has 0 spiro atoms. The molecule has 0 amide bonds. The number of methoxy groups -OCH3 is 2. The van der Waals surface area contributed by atoms with E-state index < -0.39 is 0 Å². The average Bonchev–Trinajstić information content (AvgIpc) is 2.74. The summed E-state index contributed by atoms with van der Waals surface area (Å²) in [5, 5.41) is 4.63. The van der Waals surface area contributed by atoms with E-state index in [2.05, 4.69) is 45.5 Å². The summed E-state index contributed by atoms with van der Waals surface area (Å²) in [4.78, 5) is 7.06. The van der Waals surface area contributed by atoms with Crippen LogP contribution in [-0.2, 0) is 0 Å². The molecule has 0 saturated carbocycles. The number of nitrogens with zero attached hydrogens (tertiary/aromatic N) is 2. The standard InChI is InChI=1S/C22H25N3O2/c1-26-20-9-5-7-18(22(20)27-2)21(25-14-12-23-13-15-25)17-10-11-24-19-8-4-3-6-16(17)19/h3-11,21,23H,12-15H2,1-2H3. The lowest BCUT2D eigenvalue weighted by atomic mass is 9.93. The molecular weight excluding hydrogens is 338 g/mol. The zero-order valence-electron chi connectivity index (χ0n) is 15.8. The van der Waals surface area contributed by atoms with Gasteiger partial charge >= 0.3 is 0 Å². The predicted molar refractivity (Wildman–Crippen MR) is 108 cm³/mol. The van der Waals surface area contributed by atoms with Gasteiger partial charge in [-0.3, -0.25) is 9.88 Å². The zero-order chi connectivity index (χ0) is 18.6. The van der Waals surface area contributed by atoms with Crippen molar-refractivity contribution in [1.29, 1.82) is 0 Å². The molecule has 4 rings (SSSR count). The molecule has 5 heteroatoms. The first-order valence-corrected chi connectivity index (χ1v) is 9.33. The van der Waals surface area contributed by atoms with Crippen molar-refractivity contribution in [3.05, 3.63) is 65.9 Å². The van der Waals surface area contributed by atoms with Crippen LogP contribution in [0.3, 0.4) is 0 Å². The van der Waals surface area contributed by atoms with Crippen LogP contribution in [0.2, 0.25) is 0 Å². The van der Waals surface area contributed by atoms with Gasteiger partial charge in [0.15, 0.2) is 11.5 Å². The van der Waals surface area contributed by atoms with E-state index in [1.807, 2.05) is 24.4 Å². The first-order valence-electron chi connectivity index (χ1n) is 9.33. The number of hydrogen-bond acceptors (Lipinski definition) is 5. The lowest BCUT2D eigenvalue weighted by Crippen LogP contribution is -2.45. The molecule has 0 bridgehead atoms. The fourth-order valence-corrected chi connectivity index (χ4v) is 3.98. The Morgan fingerprint density at radius 2 is 1.74 bits per heavy atom. The van der Waals surface area contributed by atoms with Crippen LogP contribution in [0, 0.1) is 0 Å². The topological polar surface area (TPSA) is 46.6 Å². The number of para-hydroxylation sites is 2. The second-order valence-electron chi connectivity index (χ2n) is 6.69. The minimum absolute atomic E-state index is 0.0741. The predicted octanol–water partition coefficient (Wildman–Crippen LogP) is 3.25. The third kappa shape index (κ3) is 3.36. The molecule has 3 aromatic rings. The molecule has 27 heavy (non-hydrogen) atoms. The van der Waals surface area contributed by atoms with E-state index in [-0.39, 0.29) is 6.04 Å². The maximum atomic E-state index is 5.79. The Morgan fingerprint density at radius 3 is 2.52 bits per heavy atom. The molecule has 5 nitrogen and oxygen atoms in total. The number of nitrogens with one attached hydrogen (secondary N) is 1. The second kappa shape index (κ2) is 7.94. The van der Waals surface area contributed by atoms with E-state index in [0.717, 1.165) is 48.8 Å². The van der Waals surface area contributed by atoms with E-state index in [0.29, 0.717) is 0 Å². The van der Waals surface area contributed by atoms with Crippen LogP contribution >= 0.6 is 0 Å². The summed E-state index contributed by atoms with van der Waals surface area (Å²) >= 11 is 0. The van der Waals surface area contributed by atoms with Crippen LogP contribution in [0.4, 0.5) is 0 Å². The van der Waals surface area contributed by atoms with Crippen LogP contribution < -0.4 is 14.8 Å². The maximum Gasteiger partial charge on any atom is 0.165 e. The van der Waals surface area contributed by atoms with Gasteiger partial charge in [-0.2, -0.15) is 0 Å². The minimum atomic E-state index is 0.0741. The Morgan fingerprint density at radius 1 is 0.926 bits per heavy atom. The van der Waals surface area contributed by atoms with Crippen molar-refractivity contribution in [2.45, 2.75) is 6.04 Å². The summed E-state index contributed by atoms with van der Waals surface area (Å²) < 4.78 is 11.4. The van der Waals surface area contributed by atoms with Gasteiger partial charge in [0.25, 0.3) is 0 Å². The van der Waals surface area contributed by atoms with Crippen LogP contribution in [0.25, 0.3) is 10.9 Å². The summed E-state index contributed by atoms with van der Waals surface area (Å²) in [5.41, 5.74) is 3.38. The Labute approximate surface area is 159 Å². The molecule has 1 N–H and O–H groups in total. The molecule has 1 saturated heterocycles. The third-order valence-corrected chi connectivity index (χ3v) is 5.22. The van der Waals surface area contributed by atoms with Crippen molar-refractivity contribution in [2.75, 3.05) is 40.4 Å². The van der Waals surface area contributed by atoms with Crippen LogP contribution in [0.1, 0.15) is 17.2 Å². The quantitative estimate of drug-likeness (QED) is 0.754. The summed E-state index contributed by atoms with van der Waals surface area (Å²) in [6.45, 7) is 3.90. The molecular formula is C22H25N3O2. The highest BCUT2D eigenvalue weighted by atomic mass is 16.5. The van der Waals surface area contributed by atoms with Gasteiger partial charge < -0.3 is 14.8 Å². The number of pyridine rings is 1. The number of hydrogen-bond donors (Lipinski definition) is 1. The summed E-state index contributed by atoms with van der Waals surface area (Å²) in [5.74, 6) is 1.55. The third-order valence-electron chi connectivity index (χ3n) is 5.22. The largest absolute Gasteiger partial charge is 0.493 e. The van der Waals surface area contributed by atoms with Crippen molar-refractivity contribution in [3.8, 4) is 11.5 Å². The minimum Gasteiger partial charge on any atom is -0.493 e. The van der Waals surface area contributed by atoms with Gasteiger partial charge in [-0.1, -0.05) is 30.3 Å². The molecule has 1 fully saturated rings. The van der Waals surface area contributed by atoms with Crippen molar-refractivity contribution in [2.24, 2.45) is 0 Å². The highest BCUT2D eigenvalue weighted by molar-refractivity contribution is 5.83. The summed E-state index contributed by atoms with van der Waals surface area (Å²) in [6.07, 6.45) is 1.90. The zero-order valence-corrected chi connectivity index (χ0v) is 15.8. The Hall–Kier alpha value is -2.63. The molecule has 1 aromatic heterocycles. The molecule has 1 unspecified atom stereocenters. The first-order chi connectivity index (χ1) is 13.3. The monoisotopic (exact) mass is 363 g/mol. The fourth-order valence-electron chi connectivity index (χ4n) is 3.98. The molecule has 2 aromatic carbocycles. The molecule has 1 aliphatic rings. The van der Waals surface area contributed by atoms with Crippen molar-refractivity contribution in [3.63, 3.8) is 0 Å². The SMILES string of the molecule is COc1cccc(C(c2ccnc3ccccc23)N2CCNCC2)c1OC. The molecule has 2 heterocycles. The lowest BCUT2D eigenvalue weighted by molar-refractivity contribution is 0.195. The van der Waals surface area contributed by atoms with Gasteiger partial charge in [-0.15, -0.1) is 0 Å². The molecule has 0 radical (unpaired) electrons. The van der Waals surface area contributed by atoms with E-state index >= 15 is 0 Å². The van der Waals surface area contributed by atoms with Gasteiger partial charge in [0.05, 0.1) is 25.8 Å². The van der Waals surface area contributed by atoms with Gasteiger partial charge in [0.2, 0.25) is 0 Å².